The van der Waals surface area contributed by atoms with E-state index in [-0.39, 0.29) is 15.2 Å². The van der Waals surface area contributed by atoms with Crippen LogP contribution in [0.3, 0.4) is 0 Å². The molecule has 1 aliphatic heterocycles. The van der Waals surface area contributed by atoms with Crippen LogP contribution in [0, 0.1) is 17.7 Å². The first-order valence-corrected chi connectivity index (χ1v) is 12.1. The molecule has 0 bridgehead atoms. The average molecular weight is 443 g/mol. The molecule has 164 valence electrons. The molecule has 0 aliphatic carbocycles. The third kappa shape index (κ3) is 3.87. The summed E-state index contributed by atoms with van der Waals surface area (Å²) in [6, 6.07) is 10.7. The van der Waals surface area contributed by atoms with Gasteiger partial charge >= 0.3 is 0 Å². The number of hydrogen-bond donors (Lipinski definition) is 0. The van der Waals surface area contributed by atoms with Crippen LogP contribution in [-0.4, -0.2) is 26.1 Å². The lowest BCUT2D eigenvalue weighted by Gasteiger charge is -2.37. The molecule has 1 aromatic heterocycles. The van der Waals surface area contributed by atoms with Gasteiger partial charge in [-0.2, -0.15) is 0 Å². The Kier molecular flexibility index (Phi) is 5.64. The van der Waals surface area contributed by atoms with Crippen molar-refractivity contribution in [3.05, 3.63) is 64.7 Å². The maximum Gasteiger partial charge on any atom is 0.211 e. The third-order valence-corrected chi connectivity index (χ3v) is 7.77. The molecule has 31 heavy (non-hydrogen) atoms. The number of piperidine rings is 1. The van der Waals surface area contributed by atoms with Gasteiger partial charge in [0.2, 0.25) is 15.3 Å². The molecule has 0 radical (unpaired) electrons. The molecule has 5 nitrogen and oxygen atoms in total. The Balaban J connectivity index is 1.91. The van der Waals surface area contributed by atoms with Gasteiger partial charge in [-0.05, 0) is 49.4 Å². The van der Waals surface area contributed by atoms with Crippen LogP contribution in [0.1, 0.15) is 27.2 Å². The van der Waals surface area contributed by atoms with E-state index in [1.54, 1.807) is 28.8 Å². The summed E-state index contributed by atoms with van der Waals surface area (Å²) in [4.78, 5) is 14.9. The van der Waals surface area contributed by atoms with Gasteiger partial charge in [0.1, 0.15) is 10.7 Å². The van der Waals surface area contributed by atoms with E-state index in [0.717, 1.165) is 19.5 Å². The molecule has 3 aromatic rings. The number of benzene rings is 2. The van der Waals surface area contributed by atoms with Crippen LogP contribution in [0.5, 0.6) is 0 Å². The first-order chi connectivity index (χ1) is 14.7. The number of aromatic nitrogens is 1. The van der Waals surface area contributed by atoms with Crippen LogP contribution in [0.2, 0.25) is 0 Å². The number of anilines is 1. The van der Waals surface area contributed by atoms with Gasteiger partial charge in [0.05, 0.1) is 21.5 Å². The zero-order valence-corrected chi connectivity index (χ0v) is 18.8. The van der Waals surface area contributed by atoms with Crippen LogP contribution < -0.4 is 10.3 Å². The van der Waals surface area contributed by atoms with E-state index in [4.69, 9.17) is 0 Å². The van der Waals surface area contributed by atoms with Gasteiger partial charge in [0.25, 0.3) is 0 Å². The van der Waals surface area contributed by atoms with Crippen LogP contribution in [0.25, 0.3) is 10.9 Å². The second-order valence-electron chi connectivity index (χ2n) is 8.60. The molecule has 0 spiro atoms. The van der Waals surface area contributed by atoms with E-state index in [1.165, 1.54) is 24.4 Å². The average Bonchev–Trinajstić information content (AvgIpc) is 2.73. The fourth-order valence-electron chi connectivity index (χ4n) is 4.65. The van der Waals surface area contributed by atoms with Crippen molar-refractivity contribution < 1.29 is 12.8 Å². The molecule has 0 saturated carbocycles. The van der Waals surface area contributed by atoms with E-state index in [0.29, 0.717) is 29.6 Å². The van der Waals surface area contributed by atoms with E-state index in [2.05, 4.69) is 13.8 Å². The van der Waals surface area contributed by atoms with Crippen molar-refractivity contribution in [2.24, 2.45) is 11.8 Å². The molecule has 0 N–H and O–H groups in total. The molecule has 0 unspecified atom stereocenters. The van der Waals surface area contributed by atoms with Gasteiger partial charge in [-0.3, -0.25) is 4.79 Å². The lowest BCUT2D eigenvalue weighted by molar-refractivity contribution is 0.354. The maximum absolute atomic E-state index is 15.2. The summed E-state index contributed by atoms with van der Waals surface area (Å²) < 4.78 is 43.1. The molecule has 4 rings (SSSR count). The van der Waals surface area contributed by atoms with Gasteiger partial charge in [0, 0.05) is 25.8 Å². The zero-order chi connectivity index (χ0) is 22.3. The first-order valence-electron chi connectivity index (χ1n) is 10.6. The number of rotatable bonds is 4. The van der Waals surface area contributed by atoms with Crippen molar-refractivity contribution in [3.8, 4) is 0 Å². The van der Waals surface area contributed by atoms with E-state index in [9.17, 15) is 13.2 Å². The van der Waals surface area contributed by atoms with Gasteiger partial charge < -0.3 is 9.47 Å². The van der Waals surface area contributed by atoms with Crippen molar-refractivity contribution in [1.82, 2.24) is 4.57 Å². The Labute approximate surface area is 182 Å². The highest BCUT2D eigenvalue weighted by Crippen LogP contribution is 2.31. The molecular weight excluding hydrogens is 415 g/mol. The van der Waals surface area contributed by atoms with Crippen LogP contribution >= 0.6 is 0 Å². The molecule has 1 fully saturated rings. The summed E-state index contributed by atoms with van der Waals surface area (Å²) in [5, 5.41) is 0.0817. The molecule has 1 saturated heterocycles. The van der Waals surface area contributed by atoms with Gasteiger partial charge in [0.15, 0.2) is 0 Å². The highest BCUT2D eigenvalue weighted by Gasteiger charge is 2.27. The summed E-state index contributed by atoms with van der Waals surface area (Å²) in [6.07, 6.45) is 2.49. The van der Waals surface area contributed by atoms with Gasteiger partial charge in [-0.15, -0.1) is 0 Å². The second kappa shape index (κ2) is 8.11. The number of aryl methyl sites for hydroxylation is 1. The minimum atomic E-state index is -4.02. The van der Waals surface area contributed by atoms with E-state index < -0.39 is 21.1 Å². The van der Waals surface area contributed by atoms with Gasteiger partial charge in [-0.1, -0.05) is 32.0 Å². The molecule has 2 atom stereocenters. The Morgan fingerprint density at radius 2 is 1.71 bits per heavy atom. The summed E-state index contributed by atoms with van der Waals surface area (Å²) in [6.45, 7) is 8.14. The summed E-state index contributed by atoms with van der Waals surface area (Å²) in [5.41, 5.74) is 0.336. The zero-order valence-electron chi connectivity index (χ0n) is 18.0. The van der Waals surface area contributed by atoms with Crippen LogP contribution in [-0.2, 0) is 16.4 Å². The molecular formula is C24H27FN2O3S. The largest absolute Gasteiger partial charge is 0.369 e. The van der Waals surface area contributed by atoms with E-state index >= 15 is 4.39 Å². The number of hydrogen-bond acceptors (Lipinski definition) is 4. The SMILES string of the molecule is CCn1cc(S(=O)(=O)c2ccccc2)c(=O)c2cc(F)c(N3C[C@H](C)C[C@@H](C)C3)cc21. The number of sulfone groups is 1. The standard InChI is InChI=1S/C24H27FN2O3S/c1-4-26-15-23(31(29,30)18-8-6-5-7-9-18)24(28)19-11-20(25)22(12-21(19)26)27-13-16(2)10-17(3)14-27/h5-9,11-12,15-17H,4,10,13-14H2,1-3H3/t16-,17-/m1/s1. The topological polar surface area (TPSA) is 59.4 Å². The predicted molar refractivity (Wildman–Crippen MR) is 121 cm³/mol. The maximum atomic E-state index is 15.2. The van der Waals surface area contributed by atoms with Crippen molar-refractivity contribution >= 4 is 26.4 Å². The van der Waals surface area contributed by atoms with Crippen molar-refractivity contribution in [2.75, 3.05) is 18.0 Å². The smallest absolute Gasteiger partial charge is 0.211 e. The molecule has 7 heteroatoms. The molecule has 2 aromatic carbocycles. The Morgan fingerprint density at radius 1 is 1.06 bits per heavy atom. The predicted octanol–water partition coefficient (Wildman–Crippen LogP) is 4.48. The number of halogens is 1. The minimum absolute atomic E-state index is 0.0440. The Bertz CT molecular complexity index is 1280. The van der Waals surface area contributed by atoms with Gasteiger partial charge in [-0.25, -0.2) is 12.8 Å². The van der Waals surface area contributed by atoms with Crippen LogP contribution in [0.15, 0.2) is 63.2 Å². The summed E-state index contributed by atoms with van der Waals surface area (Å²) in [7, 11) is -4.02. The number of pyridine rings is 1. The highest BCUT2D eigenvalue weighted by molar-refractivity contribution is 7.91. The normalized spacial score (nSPS) is 19.7. The molecule has 2 heterocycles. The first kappa shape index (κ1) is 21.6. The number of nitrogens with zero attached hydrogens (tertiary/aromatic N) is 2. The van der Waals surface area contributed by atoms with Crippen molar-refractivity contribution in [1.29, 1.82) is 0 Å². The minimum Gasteiger partial charge on any atom is -0.369 e. The lowest BCUT2D eigenvalue weighted by Crippen LogP contribution is -2.39. The second-order valence-corrected chi connectivity index (χ2v) is 10.5. The monoisotopic (exact) mass is 442 g/mol. The molecule has 0 amide bonds. The van der Waals surface area contributed by atoms with Crippen molar-refractivity contribution in [2.45, 2.75) is 43.5 Å². The number of fused-ring (bicyclic) bond motifs is 1. The van der Waals surface area contributed by atoms with E-state index in [1.807, 2.05) is 11.8 Å². The quantitative estimate of drug-likeness (QED) is 0.598. The van der Waals surface area contributed by atoms with Crippen molar-refractivity contribution in [3.63, 3.8) is 0 Å². The molecule has 1 aliphatic rings. The summed E-state index contributed by atoms with van der Waals surface area (Å²) >= 11 is 0. The summed E-state index contributed by atoms with van der Waals surface area (Å²) in [5.74, 6) is 0.402. The Morgan fingerprint density at radius 3 is 2.32 bits per heavy atom. The highest BCUT2D eigenvalue weighted by atomic mass is 32.2. The lowest BCUT2D eigenvalue weighted by atomic mass is 9.91. The fourth-order valence-corrected chi connectivity index (χ4v) is 6.04. The van der Waals surface area contributed by atoms with Crippen LogP contribution in [0.4, 0.5) is 10.1 Å². The fraction of sp³-hybridized carbons (Fsp3) is 0.375. The third-order valence-electron chi connectivity index (χ3n) is 6.01. The Hall–Kier alpha value is -2.67.